The standard InChI is InChI=1S/C18H17ClN4O4/c1-12-17(23(19)9-13(10-24)4-3-5-20-12)14-6-16(26-11-14)27-15-7-21-18(25-2)22-8-15/h3-9,11,24H,10H2,1-2H3. The zero-order valence-corrected chi connectivity index (χ0v) is 15.4. The van der Waals surface area contributed by atoms with Gasteiger partial charge >= 0.3 is 6.01 Å². The molecule has 0 aliphatic heterocycles. The van der Waals surface area contributed by atoms with Crippen molar-refractivity contribution in [1.82, 2.24) is 19.0 Å². The second kappa shape index (κ2) is 8.52. The molecule has 0 fully saturated rings. The first-order valence-electron chi connectivity index (χ1n) is 7.91. The molecule has 9 heteroatoms. The monoisotopic (exact) mass is 388 g/mol. The van der Waals surface area contributed by atoms with Gasteiger partial charge in [0.2, 0.25) is 0 Å². The molecule has 0 bridgehead atoms. The minimum Gasteiger partial charge on any atom is -0.467 e. The molecule has 8 nitrogen and oxygen atoms in total. The number of aliphatic hydroxyl groups excluding tert-OH is 1. The Morgan fingerprint density at radius 3 is 2.74 bits per heavy atom. The summed E-state index contributed by atoms with van der Waals surface area (Å²) in [5.41, 5.74) is 2.52. The molecule has 0 aromatic carbocycles. The van der Waals surface area contributed by atoms with Crippen LogP contribution in [0.25, 0.3) is 11.3 Å². The van der Waals surface area contributed by atoms with Crippen LogP contribution < -0.4 is 9.47 Å². The van der Waals surface area contributed by atoms with Crippen LogP contribution in [-0.4, -0.2) is 31.3 Å². The summed E-state index contributed by atoms with van der Waals surface area (Å²) < 4.78 is 17.3. The van der Waals surface area contributed by atoms with Gasteiger partial charge in [-0.15, -0.1) is 0 Å². The van der Waals surface area contributed by atoms with Gasteiger partial charge in [-0.3, -0.25) is 9.07 Å². The fourth-order valence-corrected chi connectivity index (χ4v) is 2.63. The highest BCUT2D eigenvalue weighted by molar-refractivity contribution is 6.17. The van der Waals surface area contributed by atoms with Gasteiger partial charge in [-0.25, -0.2) is 0 Å². The van der Waals surface area contributed by atoms with E-state index in [4.69, 9.17) is 25.7 Å². The van der Waals surface area contributed by atoms with E-state index in [-0.39, 0.29) is 18.6 Å². The third kappa shape index (κ3) is 4.55. The molecule has 3 aromatic heterocycles. The van der Waals surface area contributed by atoms with Gasteiger partial charge in [-0.2, -0.15) is 9.97 Å². The fraction of sp³-hybridized carbons (Fsp3) is 0.167. The summed E-state index contributed by atoms with van der Waals surface area (Å²) in [6.07, 6.45) is 7.68. The Labute approximate surface area is 160 Å². The number of hydrogen-bond acceptors (Lipinski definition) is 7. The van der Waals surface area contributed by atoms with E-state index in [1.54, 1.807) is 30.6 Å². The third-order valence-electron chi connectivity index (χ3n) is 3.54. The third-order valence-corrected chi connectivity index (χ3v) is 3.80. The summed E-state index contributed by atoms with van der Waals surface area (Å²) in [7, 11) is 1.48. The number of hydrogen-bond donors (Lipinski definition) is 1. The second-order valence-electron chi connectivity index (χ2n) is 5.41. The van der Waals surface area contributed by atoms with Gasteiger partial charge in [0.05, 0.1) is 37.5 Å². The number of aliphatic hydroxyl groups is 1. The first-order chi connectivity index (χ1) is 13.1. The molecule has 0 amide bonds. The summed E-state index contributed by atoms with van der Waals surface area (Å²) >= 11 is 6.40. The molecule has 0 atom stereocenters. The van der Waals surface area contributed by atoms with Gasteiger partial charge in [-0.1, -0.05) is 6.07 Å². The Morgan fingerprint density at radius 1 is 1.26 bits per heavy atom. The highest BCUT2D eigenvalue weighted by Gasteiger charge is 2.12. The van der Waals surface area contributed by atoms with Crippen LogP contribution in [0.5, 0.6) is 17.7 Å². The molecule has 0 radical (unpaired) electrons. The maximum atomic E-state index is 9.42. The van der Waals surface area contributed by atoms with Crippen molar-refractivity contribution in [1.29, 1.82) is 0 Å². The van der Waals surface area contributed by atoms with E-state index in [0.29, 0.717) is 28.3 Å². The van der Waals surface area contributed by atoms with Crippen molar-refractivity contribution in [2.75, 3.05) is 7.11 Å². The Balaban J connectivity index is 1.96. The molecule has 0 saturated carbocycles. The van der Waals surface area contributed by atoms with E-state index >= 15 is 0 Å². The van der Waals surface area contributed by atoms with E-state index in [9.17, 15) is 5.11 Å². The summed E-state index contributed by atoms with van der Waals surface area (Å²) in [5, 5.41) is 9.42. The molecular formula is C18H17ClN4O4. The fourth-order valence-electron chi connectivity index (χ4n) is 2.29. The van der Waals surface area contributed by atoms with Gasteiger partial charge in [0, 0.05) is 35.8 Å². The number of rotatable bonds is 5. The minimum atomic E-state index is -0.156. The predicted molar refractivity (Wildman–Crippen MR) is 98.1 cm³/mol. The van der Waals surface area contributed by atoms with Crippen molar-refractivity contribution < 1.29 is 19.0 Å². The van der Waals surface area contributed by atoms with E-state index in [2.05, 4.69) is 15.0 Å². The van der Waals surface area contributed by atoms with Crippen LogP contribution in [0.15, 0.2) is 53.7 Å². The van der Waals surface area contributed by atoms with Crippen LogP contribution in [-0.2, 0) is 6.61 Å². The first-order valence-corrected chi connectivity index (χ1v) is 8.25. The Bertz CT molecular complexity index is 968. The lowest BCUT2D eigenvalue weighted by Crippen LogP contribution is -1.93. The molecule has 27 heavy (non-hydrogen) atoms. The molecule has 0 aliphatic carbocycles. The van der Waals surface area contributed by atoms with Crippen molar-refractivity contribution in [3.8, 4) is 29.0 Å². The maximum absolute atomic E-state index is 9.42. The first kappa shape index (κ1) is 18.7. The van der Waals surface area contributed by atoms with Crippen molar-refractivity contribution in [2.45, 2.75) is 13.5 Å². The van der Waals surface area contributed by atoms with Crippen molar-refractivity contribution in [2.24, 2.45) is 0 Å². The normalized spacial score (nSPS) is 10.4. The number of aromatic nitrogens is 4. The van der Waals surface area contributed by atoms with Crippen LogP contribution in [0.1, 0.15) is 11.3 Å². The maximum Gasteiger partial charge on any atom is 0.316 e. The average Bonchev–Trinajstić information content (AvgIpc) is 3.14. The molecule has 1 N–H and O–H groups in total. The van der Waals surface area contributed by atoms with E-state index < -0.39 is 0 Å². The number of ether oxygens (including phenoxy) is 2. The Kier molecular flexibility index (Phi) is 5.90. The topological polar surface area (TPSA) is 95.4 Å². The Hall–Kier alpha value is -3.10. The number of aryl methyl sites for hydroxylation is 1. The minimum absolute atomic E-state index is 0.156. The molecule has 3 aromatic rings. The highest BCUT2D eigenvalue weighted by atomic mass is 35.5. The van der Waals surface area contributed by atoms with Crippen molar-refractivity contribution in [3.63, 3.8) is 0 Å². The Morgan fingerprint density at radius 2 is 2.04 bits per heavy atom. The average molecular weight is 389 g/mol. The van der Waals surface area contributed by atoms with Crippen LogP contribution in [0.2, 0.25) is 0 Å². The number of halogens is 1. The zero-order chi connectivity index (χ0) is 19.2. The molecule has 3 heterocycles. The van der Waals surface area contributed by atoms with Crippen LogP contribution in [0, 0.1) is 6.92 Å². The summed E-state index contributed by atoms with van der Waals surface area (Å²) in [6.45, 7) is 1.66. The summed E-state index contributed by atoms with van der Waals surface area (Å²) in [5.74, 6) is 0.627. The quantitative estimate of drug-likeness (QED) is 0.712. The summed E-state index contributed by atoms with van der Waals surface area (Å²) in [4.78, 5) is 12.3. The number of methoxy groups -OCH3 is 1. The molecular weight excluding hydrogens is 372 g/mol. The molecule has 140 valence electrons. The van der Waals surface area contributed by atoms with Gasteiger partial charge in [0.1, 0.15) is 6.26 Å². The lowest BCUT2D eigenvalue weighted by molar-refractivity contribution is 0.281. The molecule has 3 rings (SSSR count). The molecule has 0 aliphatic rings. The smallest absolute Gasteiger partial charge is 0.316 e. The predicted octanol–water partition coefficient (Wildman–Crippen LogP) is 3.66. The highest BCUT2D eigenvalue weighted by Crippen LogP contribution is 2.30. The number of nitrogens with zero attached hydrogens (tertiary/aromatic N) is 4. The van der Waals surface area contributed by atoms with Crippen LogP contribution in [0.4, 0.5) is 0 Å². The largest absolute Gasteiger partial charge is 0.467 e. The van der Waals surface area contributed by atoms with Crippen LogP contribution >= 0.6 is 11.8 Å². The van der Waals surface area contributed by atoms with Gasteiger partial charge in [0.15, 0.2) is 5.75 Å². The lowest BCUT2D eigenvalue weighted by atomic mass is 10.2. The van der Waals surface area contributed by atoms with Crippen LogP contribution in [0.3, 0.4) is 0 Å². The molecule has 0 unspecified atom stereocenters. The SMILES string of the molecule is COc1ncc(Oc2cc(-c3c(C)ncccc(CO)cn3Cl)co2)cn1. The summed E-state index contributed by atoms with van der Waals surface area (Å²) in [6, 6.07) is 5.37. The van der Waals surface area contributed by atoms with Gasteiger partial charge in [0.25, 0.3) is 5.95 Å². The van der Waals surface area contributed by atoms with Crippen molar-refractivity contribution in [3.05, 3.63) is 60.5 Å². The van der Waals surface area contributed by atoms with Crippen molar-refractivity contribution >= 4 is 11.8 Å². The van der Waals surface area contributed by atoms with E-state index in [0.717, 1.165) is 0 Å². The molecule has 0 saturated heterocycles. The molecule has 0 spiro atoms. The lowest BCUT2D eigenvalue weighted by Gasteiger charge is -2.04. The van der Waals surface area contributed by atoms with Gasteiger partial charge in [-0.05, 0) is 18.6 Å². The van der Waals surface area contributed by atoms with E-state index in [1.807, 2.05) is 6.92 Å². The zero-order valence-electron chi connectivity index (χ0n) is 14.7. The van der Waals surface area contributed by atoms with Gasteiger partial charge < -0.3 is 19.0 Å². The number of furan rings is 1. The second-order valence-corrected chi connectivity index (χ2v) is 5.77. The van der Waals surface area contributed by atoms with E-state index in [1.165, 1.54) is 29.9 Å².